The molecule has 2 aliphatic rings. The van der Waals surface area contributed by atoms with Crippen molar-refractivity contribution in [2.75, 3.05) is 46.5 Å². The summed E-state index contributed by atoms with van der Waals surface area (Å²) in [6.07, 6.45) is 3.61. The molecule has 1 N–H and O–H groups in total. The molecule has 2 aliphatic heterocycles. The van der Waals surface area contributed by atoms with Crippen molar-refractivity contribution in [1.29, 1.82) is 0 Å². The number of hydrogen-bond acceptors (Lipinski definition) is 10. The number of rotatable bonds is 14. The van der Waals surface area contributed by atoms with E-state index < -0.39 is 33.6 Å². The Morgan fingerprint density at radius 1 is 0.942 bits per heavy atom. The number of nitrogens with zero attached hydrogens (tertiary/aromatic N) is 2. The summed E-state index contributed by atoms with van der Waals surface area (Å²) in [5.74, 6) is -0.459. The van der Waals surface area contributed by atoms with Gasteiger partial charge in [0.2, 0.25) is 11.8 Å². The molecule has 2 aromatic rings. The number of ether oxygens (including phenoxy) is 3. The summed E-state index contributed by atoms with van der Waals surface area (Å²) in [6, 6.07) is 12.5. The maximum atomic E-state index is 13.6. The van der Waals surface area contributed by atoms with Gasteiger partial charge in [-0.05, 0) is 95.5 Å². The molecule has 2 heterocycles. The Labute approximate surface area is 307 Å². The first-order valence-corrected chi connectivity index (χ1v) is 19.4. The van der Waals surface area contributed by atoms with E-state index in [1.807, 2.05) is 27.7 Å². The molecule has 2 saturated heterocycles. The fourth-order valence-corrected chi connectivity index (χ4v) is 7.22. The SMILES string of the molecule is COC(=O)CC(NC(=O)C1CCCN(C(=O)CCC2CCN(C(=O)OC(C)(C)C)CC2)C1)c1cccc(OCCOS(=O)(=O)c2ccc(C)cc2)c1. The number of esters is 1. The fraction of sp³-hybridized carbons (Fsp3) is 0.579. The zero-order chi connectivity index (χ0) is 37.9. The molecule has 0 spiro atoms. The smallest absolute Gasteiger partial charge is 0.410 e. The lowest BCUT2D eigenvalue weighted by Gasteiger charge is -2.35. The van der Waals surface area contributed by atoms with Gasteiger partial charge in [-0.25, -0.2) is 4.79 Å². The highest BCUT2D eigenvalue weighted by Gasteiger charge is 2.32. The minimum Gasteiger partial charge on any atom is -0.491 e. The van der Waals surface area contributed by atoms with Gasteiger partial charge in [-0.3, -0.25) is 18.6 Å². The van der Waals surface area contributed by atoms with Crippen molar-refractivity contribution in [1.82, 2.24) is 15.1 Å². The molecule has 2 unspecified atom stereocenters. The Bertz CT molecular complexity index is 1630. The zero-order valence-electron chi connectivity index (χ0n) is 30.9. The lowest BCUT2D eigenvalue weighted by molar-refractivity contribution is -0.141. The van der Waals surface area contributed by atoms with Gasteiger partial charge < -0.3 is 29.3 Å². The molecule has 0 aromatic heterocycles. The number of nitrogens with one attached hydrogen (secondary N) is 1. The molecule has 13 nitrogen and oxygen atoms in total. The van der Waals surface area contributed by atoms with Crippen molar-refractivity contribution in [3.8, 4) is 5.75 Å². The first-order chi connectivity index (χ1) is 24.6. The molecule has 0 saturated carbocycles. The van der Waals surface area contributed by atoms with E-state index in [1.54, 1.807) is 46.2 Å². The third kappa shape index (κ3) is 12.5. The molecule has 3 amide bonds. The van der Waals surface area contributed by atoms with E-state index in [1.165, 1.54) is 19.2 Å². The van der Waals surface area contributed by atoms with E-state index in [4.69, 9.17) is 18.4 Å². The lowest BCUT2D eigenvalue weighted by Crippen LogP contribution is -2.46. The van der Waals surface area contributed by atoms with Crippen LogP contribution < -0.4 is 10.1 Å². The van der Waals surface area contributed by atoms with Crippen LogP contribution in [0.5, 0.6) is 5.75 Å². The van der Waals surface area contributed by atoms with Crippen LogP contribution in [0.15, 0.2) is 53.4 Å². The monoisotopic (exact) mass is 743 g/mol. The molecular weight excluding hydrogens is 690 g/mol. The third-order valence-electron chi connectivity index (χ3n) is 9.25. The number of piperidine rings is 2. The second-order valence-electron chi connectivity index (χ2n) is 14.5. The fourth-order valence-electron chi connectivity index (χ4n) is 6.32. The van der Waals surface area contributed by atoms with Crippen LogP contribution in [0, 0.1) is 18.8 Å². The van der Waals surface area contributed by atoms with E-state index in [2.05, 4.69) is 5.32 Å². The first kappa shape index (κ1) is 40.6. The molecule has 0 radical (unpaired) electrons. The Morgan fingerprint density at radius 3 is 2.33 bits per heavy atom. The van der Waals surface area contributed by atoms with Crippen LogP contribution in [-0.2, 0) is 38.2 Å². The Hall–Kier alpha value is -4.17. The van der Waals surface area contributed by atoms with Gasteiger partial charge in [0.1, 0.15) is 24.6 Å². The summed E-state index contributed by atoms with van der Waals surface area (Å²) in [5.41, 5.74) is 0.990. The van der Waals surface area contributed by atoms with E-state index in [-0.39, 0.29) is 42.4 Å². The molecule has 4 rings (SSSR count). The molecule has 0 aliphatic carbocycles. The van der Waals surface area contributed by atoms with Crippen LogP contribution in [-0.4, -0.2) is 94.2 Å². The van der Waals surface area contributed by atoms with Crippen LogP contribution in [0.4, 0.5) is 4.79 Å². The Morgan fingerprint density at radius 2 is 1.65 bits per heavy atom. The minimum absolute atomic E-state index is 0.0127. The van der Waals surface area contributed by atoms with E-state index >= 15 is 0 Å². The molecule has 286 valence electrons. The summed E-state index contributed by atoms with van der Waals surface area (Å²) < 4.78 is 46.2. The van der Waals surface area contributed by atoms with Crippen LogP contribution in [0.25, 0.3) is 0 Å². The molecule has 14 heteroatoms. The Kier molecular flexibility index (Phi) is 14.5. The van der Waals surface area contributed by atoms with Gasteiger partial charge >= 0.3 is 12.1 Å². The summed E-state index contributed by atoms with van der Waals surface area (Å²) >= 11 is 0. The second-order valence-corrected chi connectivity index (χ2v) is 16.1. The van der Waals surface area contributed by atoms with Gasteiger partial charge in [-0.1, -0.05) is 29.8 Å². The summed E-state index contributed by atoms with van der Waals surface area (Å²) in [5, 5.41) is 3.00. The average molecular weight is 744 g/mol. The number of hydrogen-bond donors (Lipinski definition) is 1. The van der Waals surface area contributed by atoms with Crippen molar-refractivity contribution >= 4 is 34.0 Å². The van der Waals surface area contributed by atoms with E-state index in [0.29, 0.717) is 62.7 Å². The van der Waals surface area contributed by atoms with Crippen LogP contribution in [0.3, 0.4) is 0 Å². The zero-order valence-corrected chi connectivity index (χ0v) is 31.7. The molecular formula is C38H53N3O10S. The molecule has 2 atom stereocenters. The van der Waals surface area contributed by atoms with Gasteiger partial charge in [0.05, 0.1) is 30.4 Å². The number of aryl methyl sites for hydroxylation is 1. The number of carbonyl (C=O) groups is 4. The highest BCUT2D eigenvalue weighted by Crippen LogP contribution is 2.27. The molecule has 2 fully saturated rings. The lowest BCUT2D eigenvalue weighted by atomic mass is 9.91. The number of amides is 3. The van der Waals surface area contributed by atoms with Crippen molar-refractivity contribution < 1.29 is 46.0 Å². The van der Waals surface area contributed by atoms with Gasteiger partial charge in [-0.2, -0.15) is 8.42 Å². The molecule has 2 aromatic carbocycles. The summed E-state index contributed by atoms with van der Waals surface area (Å²) in [6.45, 7) is 9.22. The highest BCUT2D eigenvalue weighted by molar-refractivity contribution is 7.86. The van der Waals surface area contributed by atoms with Crippen molar-refractivity contribution in [3.05, 3.63) is 59.7 Å². The average Bonchev–Trinajstić information content (AvgIpc) is 3.12. The number of likely N-dealkylation sites (tertiary alicyclic amines) is 2. The van der Waals surface area contributed by atoms with Crippen LogP contribution in [0.1, 0.15) is 82.9 Å². The predicted molar refractivity (Wildman–Crippen MR) is 193 cm³/mol. The van der Waals surface area contributed by atoms with Crippen LogP contribution in [0.2, 0.25) is 0 Å². The van der Waals surface area contributed by atoms with Crippen LogP contribution >= 0.6 is 0 Å². The summed E-state index contributed by atoms with van der Waals surface area (Å²) in [7, 11) is -2.66. The third-order valence-corrected chi connectivity index (χ3v) is 10.6. The standard InChI is InChI=1S/C38H53N3O10S/c1-27-11-14-32(15-12-27)52(46,47)50-23-22-49-31-10-6-8-29(24-31)33(25-35(43)48-5)39-36(44)30-9-7-19-41(26-30)34(42)16-13-28-17-20-40(21-18-28)37(45)51-38(2,3)4/h6,8,10-12,14-15,24,28,30,33H,7,9,13,16-23,25-26H2,1-5H3,(H,39,44). The number of benzene rings is 2. The molecule has 52 heavy (non-hydrogen) atoms. The van der Waals surface area contributed by atoms with E-state index in [9.17, 15) is 27.6 Å². The van der Waals surface area contributed by atoms with Crippen molar-refractivity contribution in [2.24, 2.45) is 11.8 Å². The normalized spacial score (nSPS) is 17.6. The first-order valence-electron chi connectivity index (χ1n) is 18.0. The van der Waals surface area contributed by atoms with E-state index in [0.717, 1.165) is 24.8 Å². The minimum atomic E-state index is -3.94. The van der Waals surface area contributed by atoms with Crippen molar-refractivity contribution in [3.63, 3.8) is 0 Å². The van der Waals surface area contributed by atoms with Gasteiger partial charge in [0.15, 0.2) is 0 Å². The number of carbonyl (C=O) groups excluding carboxylic acids is 4. The largest absolute Gasteiger partial charge is 0.491 e. The topological polar surface area (TPSA) is 158 Å². The van der Waals surface area contributed by atoms with Gasteiger partial charge in [0, 0.05) is 32.6 Å². The Balaban J connectivity index is 1.27. The maximum Gasteiger partial charge on any atom is 0.410 e. The van der Waals surface area contributed by atoms with Crippen molar-refractivity contribution in [2.45, 2.75) is 89.2 Å². The maximum absolute atomic E-state index is 13.6. The second kappa shape index (κ2) is 18.5. The number of methoxy groups -OCH3 is 1. The van der Waals surface area contributed by atoms with Gasteiger partial charge in [0.25, 0.3) is 10.1 Å². The molecule has 0 bridgehead atoms. The highest BCUT2D eigenvalue weighted by atomic mass is 32.2. The summed E-state index contributed by atoms with van der Waals surface area (Å²) in [4.78, 5) is 55.1. The van der Waals surface area contributed by atoms with Gasteiger partial charge in [-0.15, -0.1) is 0 Å². The quantitative estimate of drug-likeness (QED) is 0.156. The predicted octanol–water partition coefficient (Wildman–Crippen LogP) is 5.17.